The number of hydrogen-bond acceptors (Lipinski definition) is 3. The average molecular weight is 219 g/mol. The van der Waals surface area contributed by atoms with E-state index in [0.29, 0.717) is 11.8 Å². The van der Waals surface area contributed by atoms with E-state index < -0.39 is 0 Å². The Morgan fingerprint density at radius 1 is 1.38 bits per heavy atom. The molecule has 0 bridgehead atoms. The Hall–Kier alpha value is -1.22. The summed E-state index contributed by atoms with van der Waals surface area (Å²) >= 11 is 0. The molecule has 3 nitrogen and oxygen atoms in total. The van der Waals surface area contributed by atoms with E-state index in [-0.39, 0.29) is 5.75 Å². The number of methoxy groups -OCH3 is 1. The van der Waals surface area contributed by atoms with E-state index in [9.17, 15) is 5.11 Å². The molecule has 0 aromatic heterocycles. The van der Waals surface area contributed by atoms with Gasteiger partial charge in [0.2, 0.25) is 0 Å². The van der Waals surface area contributed by atoms with Crippen LogP contribution in [0.2, 0.25) is 0 Å². The molecule has 2 heterocycles. The summed E-state index contributed by atoms with van der Waals surface area (Å²) < 4.78 is 5.16. The highest BCUT2D eigenvalue weighted by Gasteiger charge is 2.31. The van der Waals surface area contributed by atoms with Crippen LogP contribution in [-0.2, 0) is 6.42 Å². The predicted octanol–water partition coefficient (Wildman–Crippen LogP) is 2.09. The number of phenolic OH excluding ortho intramolecular Hbond substituents is 1. The van der Waals surface area contributed by atoms with Crippen molar-refractivity contribution in [3.8, 4) is 11.5 Å². The number of phenols is 1. The van der Waals surface area contributed by atoms with Crippen molar-refractivity contribution in [2.24, 2.45) is 0 Å². The van der Waals surface area contributed by atoms with Crippen LogP contribution in [0.25, 0.3) is 0 Å². The number of benzene rings is 1. The van der Waals surface area contributed by atoms with Crippen molar-refractivity contribution in [1.82, 2.24) is 4.90 Å². The summed E-state index contributed by atoms with van der Waals surface area (Å²) in [4.78, 5) is 2.52. The fourth-order valence-corrected chi connectivity index (χ4v) is 3.03. The lowest BCUT2D eigenvalue weighted by Gasteiger charge is -2.32. The van der Waals surface area contributed by atoms with E-state index >= 15 is 0 Å². The molecule has 1 unspecified atom stereocenters. The second kappa shape index (κ2) is 3.67. The molecule has 1 aromatic carbocycles. The highest BCUT2D eigenvalue weighted by molar-refractivity contribution is 5.48. The molecule has 0 saturated carbocycles. The molecular weight excluding hydrogens is 202 g/mol. The first-order chi connectivity index (χ1) is 7.79. The molecule has 0 radical (unpaired) electrons. The van der Waals surface area contributed by atoms with E-state index in [2.05, 4.69) is 4.90 Å². The van der Waals surface area contributed by atoms with Crippen LogP contribution in [0.15, 0.2) is 12.1 Å². The lowest BCUT2D eigenvalue weighted by atomic mass is 9.92. The Kier molecular flexibility index (Phi) is 2.28. The molecular formula is C13H17NO2. The van der Waals surface area contributed by atoms with Crippen LogP contribution in [0.3, 0.4) is 0 Å². The fraction of sp³-hybridized carbons (Fsp3) is 0.538. The maximum Gasteiger partial charge on any atom is 0.160 e. The predicted molar refractivity (Wildman–Crippen MR) is 61.9 cm³/mol. The first-order valence-corrected chi connectivity index (χ1v) is 5.93. The second-order valence-electron chi connectivity index (χ2n) is 4.67. The van der Waals surface area contributed by atoms with Crippen LogP contribution in [0, 0.1) is 0 Å². The molecule has 1 saturated heterocycles. The number of nitrogens with zero attached hydrogens (tertiary/aromatic N) is 1. The second-order valence-corrected chi connectivity index (χ2v) is 4.67. The summed E-state index contributed by atoms with van der Waals surface area (Å²) in [5.41, 5.74) is 2.65. The topological polar surface area (TPSA) is 32.7 Å². The molecule has 1 atom stereocenters. The zero-order valence-corrected chi connectivity index (χ0v) is 9.57. The number of ether oxygens (including phenoxy) is 1. The highest BCUT2D eigenvalue weighted by atomic mass is 16.5. The van der Waals surface area contributed by atoms with Crippen molar-refractivity contribution in [2.45, 2.75) is 25.3 Å². The smallest absolute Gasteiger partial charge is 0.160 e. The summed E-state index contributed by atoms with van der Waals surface area (Å²) in [7, 11) is 1.60. The third kappa shape index (κ3) is 1.39. The van der Waals surface area contributed by atoms with Crippen LogP contribution in [0.5, 0.6) is 11.5 Å². The third-order valence-electron chi connectivity index (χ3n) is 3.83. The minimum atomic E-state index is 0.273. The van der Waals surface area contributed by atoms with Gasteiger partial charge in [-0.3, -0.25) is 4.90 Å². The molecule has 3 heteroatoms. The Bertz CT molecular complexity index is 417. The minimum absolute atomic E-state index is 0.273. The largest absolute Gasteiger partial charge is 0.504 e. The standard InChI is InChI=1S/C13H17NO2/c1-16-13-7-9-4-6-14-5-2-3-11(14)10(9)8-12(13)15/h7-8,11,15H,2-6H2,1H3. The van der Waals surface area contributed by atoms with E-state index in [4.69, 9.17) is 4.74 Å². The van der Waals surface area contributed by atoms with Gasteiger partial charge in [0.05, 0.1) is 7.11 Å². The summed E-state index contributed by atoms with van der Waals surface area (Å²) in [5.74, 6) is 0.875. The van der Waals surface area contributed by atoms with Gasteiger partial charge < -0.3 is 9.84 Å². The third-order valence-corrected chi connectivity index (χ3v) is 3.83. The van der Waals surface area contributed by atoms with Crippen LogP contribution in [0.4, 0.5) is 0 Å². The van der Waals surface area contributed by atoms with E-state index in [1.54, 1.807) is 7.11 Å². The lowest BCUT2D eigenvalue weighted by Crippen LogP contribution is -2.30. The molecule has 0 spiro atoms. The Morgan fingerprint density at radius 3 is 3.06 bits per heavy atom. The zero-order chi connectivity index (χ0) is 11.1. The number of aromatic hydroxyl groups is 1. The van der Waals surface area contributed by atoms with Gasteiger partial charge in [0, 0.05) is 12.6 Å². The molecule has 2 aliphatic rings. The molecule has 1 aromatic rings. The molecule has 86 valence electrons. The first-order valence-electron chi connectivity index (χ1n) is 5.93. The SMILES string of the molecule is COc1cc2c(cc1O)C1CCCN1CC2. The van der Waals surface area contributed by atoms with E-state index in [1.807, 2.05) is 12.1 Å². The Labute approximate surface area is 95.6 Å². The van der Waals surface area contributed by atoms with Crippen molar-refractivity contribution >= 4 is 0 Å². The van der Waals surface area contributed by atoms with Gasteiger partial charge in [-0.1, -0.05) is 0 Å². The van der Waals surface area contributed by atoms with Crippen molar-refractivity contribution in [1.29, 1.82) is 0 Å². The molecule has 0 amide bonds. The van der Waals surface area contributed by atoms with Gasteiger partial charge in [-0.2, -0.15) is 0 Å². The van der Waals surface area contributed by atoms with Gasteiger partial charge in [-0.25, -0.2) is 0 Å². The maximum absolute atomic E-state index is 9.84. The Balaban J connectivity index is 2.06. The average Bonchev–Trinajstić information content (AvgIpc) is 2.76. The van der Waals surface area contributed by atoms with Gasteiger partial charge in [0.1, 0.15) is 0 Å². The summed E-state index contributed by atoms with van der Waals surface area (Å²) in [6.07, 6.45) is 3.57. The van der Waals surface area contributed by atoms with Gasteiger partial charge in [-0.15, -0.1) is 0 Å². The first kappa shape index (κ1) is 9.97. The van der Waals surface area contributed by atoms with E-state index in [1.165, 1.54) is 30.5 Å². The molecule has 0 aliphatic carbocycles. The summed E-state index contributed by atoms with van der Waals surface area (Å²) in [6, 6.07) is 4.43. The highest BCUT2D eigenvalue weighted by Crippen LogP contribution is 2.41. The molecule has 1 N–H and O–H groups in total. The molecule has 3 rings (SSSR count). The van der Waals surface area contributed by atoms with E-state index in [0.717, 1.165) is 13.0 Å². The Morgan fingerprint density at radius 2 is 2.25 bits per heavy atom. The van der Waals surface area contributed by atoms with Gasteiger partial charge >= 0.3 is 0 Å². The maximum atomic E-state index is 9.84. The van der Waals surface area contributed by atoms with Crippen molar-refractivity contribution < 1.29 is 9.84 Å². The van der Waals surface area contributed by atoms with Crippen LogP contribution in [-0.4, -0.2) is 30.2 Å². The zero-order valence-electron chi connectivity index (χ0n) is 9.57. The molecule has 2 aliphatic heterocycles. The molecule has 1 fully saturated rings. The van der Waals surface area contributed by atoms with Crippen molar-refractivity contribution in [3.63, 3.8) is 0 Å². The summed E-state index contributed by atoms with van der Waals surface area (Å²) in [6.45, 7) is 2.35. The number of rotatable bonds is 1. The van der Waals surface area contributed by atoms with Crippen LogP contribution >= 0.6 is 0 Å². The lowest BCUT2D eigenvalue weighted by molar-refractivity contribution is 0.242. The van der Waals surface area contributed by atoms with Crippen molar-refractivity contribution in [3.05, 3.63) is 23.3 Å². The number of fused-ring (bicyclic) bond motifs is 3. The fourth-order valence-electron chi connectivity index (χ4n) is 3.03. The minimum Gasteiger partial charge on any atom is -0.504 e. The van der Waals surface area contributed by atoms with Gasteiger partial charge in [-0.05, 0) is 49.1 Å². The summed E-state index contributed by atoms with van der Waals surface area (Å²) in [5, 5.41) is 9.84. The van der Waals surface area contributed by atoms with Crippen LogP contribution in [0.1, 0.15) is 30.0 Å². The van der Waals surface area contributed by atoms with Crippen LogP contribution < -0.4 is 4.74 Å². The van der Waals surface area contributed by atoms with Gasteiger partial charge in [0.25, 0.3) is 0 Å². The van der Waals surface area contributed by atoms with Gasteiger partial charge in [0.15, 0.2) is 11.5 Å². The van der Waals surface area contributed by atoms with Crippen molar-refractivity contribution in [2.75, 3.05) is 20.2 Å². The number of hydrogen-bond donors (Lipinski definition) is 1. The quantitative estimate of drug-likeness (QED) is 0.785. The monoisotopic (exact) mass is 219 g/mol. The normalized spacial score (nSPS) is 23.9. The molecule has 16 heavy (non-hydrogen) atoms.